The van der Waals surface area contributed by atoms with Gasteiger partial charge >= 0.3 is 0 Å². The molecule has 0 bridgehead atoms. The number of hydrogen-bond donors (Lipinski definition) is 0. The maximum absolute atomic E-state index is 12.5. The van der Waals surface area contributed by atoms with Crippen LogP contribution in [-0.4, -0.2) is 9.78 Å². The zero-order valence-electron chi connectivity index (χ0n) is 10.9. The molecule has 0 aliphatic heterocycles. The smallest absolute Gasteiger partial charge is 0.267 e. The fourth-order valence-electron chi connectivity index (χ4n) is 2.39. The van der Waals surface area contributed by atoms with Crippen LogP contribution in [0.5, 0.6) is 0 Å². The van der Waals surface area contributed by atoms with Crippen LogP contribution in [0, 0.1) is 13.8 Å². The lowest BCUT2D eigenvalue weighted by Gasteiger charge is -2.11. The van der Waals surface area contributed by atoms with Crippen LogP contribution in [0.4, 0.5) is 0 Å². The minimum atomic E-state index is -0.0736. The summed E-state index contributed by atoms with van der Waals surface area (Å²) in [4.78, 5) is 12.5. The van der Waals surface area contributed by atoms with Gasteiger partial charge in [0.25, 0.3) is 5.56 Å². The molecule has 3 aromatic rings. The average Bonchev–Trinajstić information content (AvgIpc) is 2.41. The zero-order chi connectivity index (χ0) is 13.4. The molecule has 94 valence electrons. The summed E-state index contributed by atoms with van der Waals surface area (Å²) < 4.78 is 1.49. The van der Waals surface area contributed by atoms with E-state index in [2.05, 4.69) is 5.10 Å². The van der Waals surface area contributed by atoms with E-state index in [9.17, 15) is 4.79 Å². The van der Waals surface area contributed by atoms with Gasteiger partial charge < -0.3 is 0 Å². The lowest BCUT2D eigenvalue weighted by molar-refractivity contribution is 0.809. The molecule has 3 heteroatoms. The molecule has 0 unspecified atom stereocenters. The Bertz CT molecular complexity index is 798. The van der Waals surface area contributed by atoms with Gasteiger partial charge in [-0.2, -0.15) is 9.78 Å². The van der Waals surface area contributed by atoms with Crippen LogP contribution in [-0.2, 0) is 0 Å². The van der Waals surface area contributed by atoms with Crippen LogP contribution in [0.15, 0.2) is 53.5 Å². The molecule has 0 saturated carbocycles. The summed E-state index contributed by atoms with van der Waals surface area (Å²) in [6, 6.07) is 13.5. The van der Waals surface area contributed by atoms with Crippen LogP contribution in [0.3, 0.4) is 0 Å². The molecule has 0 amide bonds. The third-order valence-electron chi connectivity index (χ3n) is 3.35. The summed E-state index contributed by atoms with van der Waals surface area (Å²) in [6.07, 6.45) is 1.74. The fraction of sp³-hybridized carbons (Fsp3) is 0.125. The Morgan fingerprint density at radius 1 is 0.947 bits per heavy atom. The highest BCUT2D eigenvalue weighted by Crippen LogP contribution is 2.17. The number of nitrogens with zero attached hydrogens (tertiary/aromatic N) is 2. The summed E-state index contributed by atoms with van der Waals surface area (Å²) in [5.41, 5.74) is 2.89. The Balaban J connectivity index is 2.39. The average molecular weight is 250 g/mol. The molecule has 0 spiro atoms. The molecule has 0 aliphatic carbocycles. The Morgan fingerprint density at radius 2 is 1.63 bits per heavy atom. The number of benzene rings is 2. The van der Waals surface area contributed by atoms with Gasteiger partial charge in [0.1, 0.15) is 0 Å². The Labute approximate surface area is 111 Å². The van der Waals surface area contributed by atoms with Crippen LogP contribution in [0.1, 0.15) is 11.1 Å². The van der Waals surface area contributed by atoms with E-state index in [4.69, 9.17) is 0 Å². The van der Waals surface area contributed by atoms with Crippen LogP contribution < -0.4 is 5.56 Å². The number of para-hydroxylation sites is 1. The van der Waals surface area contributed by atoms with Crippen molar-refractivity contribution in [2.75, 3.05) is 0 Å². The van der Waals surface area contributed by atoms with Crippen molar-refractivity contribution < 1.29 is 0 Å². The predicted octanol–water partition coefficient (Wildman–Crippen LogP) is 3.00. The van der Waals surface area contributed by atoms with Crippen molar-refractivity contribution in [2.45, 2.75) is 13.8 Å². The quantitative estimate of drug-likeness (QED) is 0.665. The monoisotopic (exact) mass is 250 g/mol. The van der Waals surface area contributed by atoms with E-state index in [0.29, 0.717) is 5.39 Å². The molecule has 3 nitrogen and oxygen atoms in total. The van der Waals surface area contributed by atoms with Crippen LogP contribution >= 0.6 is 0 Å². The van der Waals surface area contributed by atoms with Gasteiger partial charge in [-0.3, -0.25) is 4.79 Å². The minimum Gasteiger partial charge on any atom is -0.267 e. The summed E-state index contributed by atoms with van der Waals surface area (Å²) >= 11 is 0. The topological polar surface area (TPSA) is 34.9 Å². The van der Waals surface area contributed by atoms with Gasteiger partial charge in [-0.25, -0.2) is 0 Å². The maximum Gasteiger partial charge on any atom is 0.279 e. The van der Waals surface area contributed by atoms with Gasteiger partial charge in [-0.1, -0.05) is 36.4 Å². The van der Waals surface area contributed by atoms with E-state index in [0.717, 1.165) is 22.2 Å². The van der Waals surface area contributed by atoms with Crippen molar-refractivity contribution >= 4 is 10.8 Å². The molecular formula is C16H14N2O. The SMILES string of the molecule is Cc1cccc(C)c1-n1ncc2ccccc2c1=O. The van der Waals surface area contributed by atoms with Gasteiger partial charge in [-0.05, 0) is 31.0 Å². The first-order valence-corrected chi connectivity index (χ1v) is 6.22. The Morgan fingerprint density at radius 3 is 2.37 bits per heavy atom. The van der Waals surface area contributed by atoms with E-state index in [1.807, 2.05) is 56.3 Å². The second-order valence-corrected chi connectivity index (χ2v) is 4.69. The third kappa shape index (κ3) is 1.83. The molecular weight excluding hydrogens is 236 g/mol. The molecule has 2 aromatic carbocycles. The summed E-state index contributed by atoms with van der Waals surface area (Å²) in [5, 5.41) is 5.87. The van der Waals surface area contributed by atoms with Gasteiger partial charge in [-0.15, -0.1) is 0 Å². The van der Waals surface area contributed by atoms with Gasteiger partial charge in [0.15, 0.2) is 0 Å². The Hall–Kier alpha value is -2.42. The van der Waals surface area contributed by atoms with Crippen molar-refractivity contribution in [1.82, 2.24) is 9.78 Å². The number of aromatic nitrogens is 2. The standard InChI is InChI=1S/C16H14N2O/c1-11-6-5-7-12(2)15(11)18-16(19)14-9-4-3-8-13(14)10-17-18/h3-10H,1-2H3. The summed E-state index contributed by atoms with van der Waals surface area (Å²) in [6.45, 7) is 3.98. The van der Waals surface area contributed by atoms with E-state index in [1.54, 1.807) is 6.20 Å². The van der Waals surface area contributed by atoms with Crippen molar-refractivity contribution in [2.24, 2.45) is 0 Å². The Kier molecular flexibility index (Phi) is 2.67. The second kappa shape index (κ2) is 4.35. The highest BCUT2D eigenvalue weighted by atomic mass is 16.1. The van der Waals surface area contributed by atoms with Gasteiger partial charge in [0, 0.05) is 5.39 Å². The highest BCUT2D eigenvalue weighted by molar-refractivity contribution is 5.80. The minimum absolute atomic E-state index is 0.0736. The molecule has 19 heavy (non-hydrogen) atoms. The number of hydrogen-bond acceptors (Lipinski definition) is 2. The zero-order valence-corrected chi connectivity index (χ0v) is 10.9. The summed E-state index contributed by atoms with van der Waals surface area (Å²) in [7, 11) is 0. The molecule has 0 N–H and O–H groups in total. The molecule has 0 fully saturated rings. The van der Waals surface area contributed by atoms with Crippen molar-refractivity contribution in [1.29, 1.82) is 0 Å². The van der Waals surface area contributed by atoms with Gasteiger partial charge in [0.05, 0.1) is 17.3 Å². The molecule has 0 radical (unpaired) electrons. The summed E-state index contributed by atoms with van der Waals surface area (Å²) in [5.74, 6) is 0. The molecule has 0 aliphatic rings. The molecule has 0 saturated heterocycles. The first kappa shape index (κ1) is 11.7. The lowest BCUT2D eigenvalue weighted by Crippen LogP contribution is -2.22. The third-order valence-corrected chi connectivity index (χ3v) is 3.35. The number of rotatable bonds is 1. The first-order valence-electron chi connectivity index (χ1n) is 6.22. The van der Waals surface area contributed by atoms with Crippen molar-refractivity contribution in [3.05, 3.63) is 70.1 Å². The van der Waals surface area contributed by atoms with E-state index in [-0.39, 0.29) is 5.56 Å². The molecule has 0 atom stereocenters. The van der Waals surface area contributed by atoms with Crippen molar-refractivity contribution in [3.63, 3.8) is 0 Å². The van der Waals surface area contributed by atoms with Crippen LogP contribution in [0.25, 0.3) is 16.5 Å². The molecule has 1 aromatic heterocycles. The predicted molar refractivity (Wildman–Crippen MR) is 76.8 cm³/mol. The molecule has 1 heterocycles. The van der Waals surface area contributed by atoms with Crippen molar-refractivity contribution in [3.8, 4) is 5.69 Å². The van der Waals surface area contributed by atoms with Gasteiger partial charge in [0.2, 0.25) is 0 Å². The molecule has 3 rings (SSSR count). The van der Waals surface area contributed by atoms with Crippen LogP contribution in [0.2, 0.25) is 0 Å². The van der Waals surface area contributed by atoms with E-state index in [1.165, 1.54) is 4.68 Å². The van der Waals surface area contributed by atoms with E-state index >= 15 is 0 Å². The largest absolute Gasteiger partial charge is 0.279 e. The highest BCUT2D eigenvalue weighted by Gasteiger charge is 2.09. The van der Waals surface area contributed by atoms with E-state index < -0.39 is 0 Å². The second-order valence-electron chi connectivity index (χ2n) is 4.69. The number of fused-ring (bicyclic) bond motifs is 1. The first-order chi connectivity index (χ1) is 9.18. The maximum atomic E-state index is 12.5. The number of aryl methyl sites for hydroxylation is 2. The normalized spacial score (nSPS) is 10.8. The lowest BCUT2D eigenvalue weighted by atomic mass is 10.1. The fourth-order valence-corrected chi connectivity index (χ4v) is 2.39.